The van der Waals surface area contributed by atoms with E-state index in [1.807, 2.05) is 26.0 Å². The van der Waals surface area contributed by atoms with Crippen molar-refractivity contribution in [2.75, 3.05) is 23.1 Å². The third-order valence-electron chi connectivity index (χ3n) is 4.95. The van der Waals surface area contributed by atoms with Crippen LogP contribution in [0.1, 0.15) is 23.3 Å². The summed E-state index contributed by atoms with van der Waals surface area (Å²) in [6.07, 6.45) is 2.41. The topological polar surface area (TPSA) is 79.6 Å². The van der Waals surface area contributed by atoms with E-state index in [0.29, 0.717) is 17.3 Å². The lowest BCUT2D eigenvalue weighted by Crippen LogP contribution is -2.41. The first kappa shape index (κ1) is 25.2. The Bertz CT molecular complexity index is 1160. The molecule has 0 unspecified atom stereocenters. The van der Waals surface area contributed by atoms with Crippen LogP contribution in [0.2, 0.25) is 5.02 Å². The number of sulfonamides is 1. The molecule has 0 aliphatic heterocycles. The van der Waals surface area contributed by atoms with Gasteiger partial charge in [0, 0.05) is 11.6 Å². The first-order chi connectivity index (χ1) is 15.8. The Morgan fingerprint density at radius 1 is 1.12 bits per heavy atom. The minimum atomic E-state index is -3.96. The van der Waals surface area contributed by atoms with Crippen molar-refractivity contribution >= 4 is 45.0 Å². The molecule has 0 saturated heterocycles. The van der Waals surface area contributed by atoms with Crippen molar-refractivity contribution in [1.82, 2.24) is 5.32 Å². The highest BCUT2D eigenvalue weighted by Crippen LogP contribution is 2.28. The van der Waals surface area contributed by atoms with E-state index in [-0.39, 0.29) is 17.3 Å². The summed E-state index contributed by atoms with van der Waals surface area (Å²) >= 11 is 7.96. The molecule has 0 radical (unpaired) electrons. The minimum Gasteiger partial charge on any atom is -0.468 e. The maximum Gasteiger partial charge on any atom is 0.264 e. The molecule has 0 fully saturated rings. The fraction of sp³-hybridized carbons (Fsp3) is 0.292. The van der Waals surface area contributed by atoms with E-state index >= 15 is 0 Å². The van der Waals surface area contributed by atoms with Crippen LogP contribution in [0.5, 0.6) is 0 Å². The molecule has 33 heavy (non-hydrogen) atoms. The van der Waals surface area contributed by atoms with Crippen LogP contribution in [-0.2, 0) is 20.6 Å². The Labute approximate surface area is 204 Å². The third-order valence-corrected chi connectivity index (χ3v) is 8.21. The van der Waals surface area contributed by atoms with Gasteiger partial charge in [-0.15, -0.1) is 0 Å². The highest BCUT2D eigenvalue weighted by atomic mass is 35.5. The summed E-state index contributed by atoms with van der Waals surface area (Å²) in [6.45, 7) is 3.84. The van der Waals surface area contributed by atoms with Gasteiger partial charge in [0.25, 0.3) is 10.0 Å². The van der Waals surface area contributed by atoms with Crippen molar-refractivity contribution in [1.29, 1.82) is 0 Å². The second kappa shape index (κ2) is 11.6. The number of hydrogen-bond acceptors (Lipinski definition) is 5. The molecule has 1 aromatic heterocycles. The van der Waals surface area contributed by atoms with E-state index in [9.17, 15) is 13.2 Å². The zero-order valence-corrected chi connectivity index (χ0v) is 21.0. The van der Waals surface area contributed by atoms with Crippen molar-refractivity contribution in [2.45, 2.75) is 30.9 Å². The highest BCUT2D eigenvalue weighted by Gasteiger charge is 2.27. The lowest BCUT2D eigenvalue weighted by Gasteiger charge is -2.24. The summed E-state index contributed by atoms with van der Waals surface area (Å²) in [5.74, 6) is 2.16. The number of benzene rings is 2. The van der Waals surface area contributed by atoms with Gasteiger partial charge in [0.2, 0.25) is 5.91 Å². The van der Waals surface area contributed by atoms with Crippen LogP contribution in [0.4, 0.5) is 5.69 Å². The van der Waals surface area contributed by atoms with Crippen LogP contribution in [0.25, 0.3) is 0 Å². The number of aryl methyl sites for hydroxylation is 2. The fourth-order valence-electron chi connectivity index (χ4n) is 3.05. The van der Waals surface area contributed by atoms with Gasteiger partial charge >= 0.3 is 0 Å². The molecule has 1 heterocycles. The van der Waals surface area contributed by atoms with Gasteiger partial charge in [0.15, 0.2) is 0 Å². The van der Waals surface area contributed by atoms with Crippen molar-refractivity contribution < 1.29 is 17.6 Å². The number of nitrogens with zero attached hydrogens (tertiary/aromatic N) is 1. The van der Waals surface area contributed by atoms with Gasteiger partial charge in [0.1, 0.15) is 12.3 Å². The van der Waals surface area contributed by atoms with Gasteiger partial charge in [0.05, 0.1) is 22.6 Å². The molecule has 3 aromatic rings. The normalized spacial score (nSPS) is 11.4. The van der Waals surface area contributed by atoms with E-state index in [1.165, 1.54) is 0 Å². The quantitative estimate of drug-likeness (QED) is 0.362. The molecule has 1 N–H and O–H groups in total. The Kier molecular flexibility index (Phi) is 8.88. The van der Waals surface area contributed by atoms with Crippen LogP contribution in [0, 0.1) is 13.8 Å². The van der Waals surface area contributed by atoms with E-state index in [0.717, 1.165) is 39.1 Å². The average molecular weight is 507 g/mol. The molecule has 2 aromatic carbocycles. The smallest absolute Gasteiger partial charge is 0.264 e. The second-order valence-electron chi connectivity index (χ2n) is 7.59. The fourth-order valence-corrected chi connectivity index (χ4v) is 5.49. The Hall–Kier alpha value is -2.42. The zero-order chi connectivity index (χ0) is 23.8. The number of carbonyl (C=O) groups excluding carboxylic acids is 1. The lowest BCUT2D eigenvalue weighted by molar-refractivity contribution is -0.119. The number of thioether (sulfide) groups is 1. The van der Waals surface area contributed by atoms with Crippen molar-refractivity contribution in [2.24, 2.45) is 0 Å². The standard InChI is InChI=1S/C24H27ClN2O4S2/c1-18-6-10-22(11-7-18)33(29,30)27(20-9-8-19(2)23(25)15-20)16-24(28)26-12-4-14-32-17-21-5-3-13-31-21/h3,5-11,13,15H,4,12,14,16-17H2,1-2H3,(H,26,28). The molecule has 0 aliphatic carbocycles. The van der Waals surface area contributed by atoms with Gasteiger partial charge in [-0.3, -0.25) is 9.10 Å². The van der Waals surface area contributed by atoms with Gasteiger partial charge in [-0.1, -0.05) is 35.4 Å². The van der Waals surface area contributed by atoms with E-state index in [2.05, 4.69) is 5.32 Å². The van der Waals surface area contributed by atoms with Crippen LogP contribution < -0.4 is 9.62 Å². The molecule has 0 atom stereocenters. The molecule has 0 saturated carbocycles. The molecule has 3 rings (SSSR count). The minimum absolute atomic E-state index is 0.118. The summed E-state index contributed by atoms with van der Waals surface area (Å²) in [4.78, 5) is 12.8. The number of furan rings is 1. The summed E-state index contributed by atoms with van der Waals surface area (Å²) < 4.78 is 33.2. The second-order valence-corrected chi connectivity index (χ2v) is 11.0. The number of anilines is 1. The molecule has 0 aliphatic rings. The number of rotatable bonds is 11. The average Bonchev–Trinajstić information content (AvgIpc) is 3.30. The highest BCUT2D eigenvalue weighted by molar-refractivity contribution is 7.98. The van der Waals surface area contributed by atoms with Crippen LogP contribution >= 0.6 is 23.4 Å². The monoisotopic (exact) mass is 506 g/mol. The van der Waals surface area contributed by atoms with Gasteiger partial charge in [-0.2, -0.15) is 11.8 Å². The lowest BCUT2D eigenvalue weighted by atomic mass is 10.2. The third kappa shape index (κ3) is 7.03. The number of carbonyl (C=O) groups is 1. The SMILES string of the molecule is Cc1ccc(S(=O)(=O)N(CC(=O)NCCCSCc2ccco2)c2ccc(C)c(Cl)c2)cc1. The number of halogens is 1. The summed E-state index contributed by atoms with van der Waals surface area (Å²) in [7, 11) is -3.96. The summed E-state index contributed by atoms with van der Waals surface area (Å²) in [5.41, 5.74) is 2.11. The van der Waals surface area contributed by atoms with Crippen molar-refractivity contribution in [3.63, 3.8) is 0 Å². The van der Waals surface area contributed by atoms with Gasteiger partial charge in [-0.25, -0.2) is 8.42 Å². The van der Waals surface area contributed by atoms with E-state index in [1.54, 1.807) is 60.5 Å². The van der Waals surface area contributed by atoms with Crippen molar-refractivity contribution in [3.05, 3.63) is 82.8 Å². The molecule has 6 nitrogen and oxygen atoms in total. The summed E-state index contributed by atoms with van der Waals surface area (Å²) in [6, 6.07) is 15.3. The van der Waals surface area contributed by atoms with E-state index in [4.69, 9.17) is 16.0 Å². The van der Waals surface area contributed by atoms with Crippen LogP contribution in [-0.4, -0.2) is 33.2 Å². The number of hydrogen-bond donors (Lipinski definition) is 1. The Balaban J connectivity index is 1.65. The number of amides is 1. The number of nitrogens with one attached hydrogen (secondary N) is 1. The first-order valence-corrected chi connectivity index (χ1v) is 13.5. The molecule has 9 heteroatoms. The molecule has 1 amide bonds. The van der Waals surface area contributed by atoms with Crippen LogP contribution in [0.15, 0.2) is 70.2 Å². The predicted molar refractivity (Wildman–Crippen MR) is 134 cm³/mol. The van der Waals surface area contributed by atoms with E-state index < -0.39 is 10.0 Å². The maximum atomic E-state index is 13.4. The van der Waals surface area contributed by atoms with Crippen molar-refractivity contribution in [3.8, 4) is 0 Å². The maximum absolute atomic E-state index is 13.4. The van der Waals surface area contributed by atoms with Gasteiger partial charge < -0.3 is 9.73 Å². The molecule has 0 bridgehead atoms. The molecule has 176 valence electrons. The zero-order valence-electron chi connectivity index (χ0n) is 18.6. The molecule has 0 spiro atoms. The molecular formula is C24H27ClN2O4S2. The Morgan fingerprint density at radius 3 is 2.55 bits per heavy atom. The Morgan fingerprint density at radius 2 is 1.88 bits per heavy atom. The van der Waals surface area contributed by atoms with Gasteiger partial charge in [-0.05, 0) is 68.0 Å². The molecular weight excluding hydrogens is 480 g/mol. The largest absolute Gasteiger partial charge is 0.468 e. The predicted octanol–water partition coefficient (Wildman–Crippen LogP) is 5.18. The summed E-state index contributed by atoms with van der Waals surface area (Å²) in [5, 5.41) is 3.26. The van der Waals surface area contributed by atoms with Crippen LogP contribution in [0.3, 0.4) is 0 Å². The first-order valence-electron chi connectivity index (χ1n) is 10.5.